The van der Waals surface area contributed by atoms with Gasteiger partial charge in [-0.05, 0) is 37.1 Å². The van der Waals surface area contributed by atoms with E-state index in [1.807, 2.05) is 26.0 Å². The number of hydrogen-bond acceptors (Lipinski definition) is 2. The number of amides is 1. The molecule has 88 valence electrons. The van der Waals surface area contributed by atoms with Gasteiger partial charge in [0.15, 0.2) is 0 Å². The van der Waals surface area contributed by atoms with E-state index in [-0.39, 0.29) is 5.91 Å². The van der Waals surface area contributed by atoms with Crippen molar-refractivity contribution in [3.8, 4) is 5.75 Å². The fourth-order valence-corrected chi connectivity index (χ4v) is 1.61. The molecule has 4 heteroatoms. The Bertz CT molecular complexity index is 368. The van der Waals surface area contributed by atoms with Crippen molar-refractivity contribution < 1.29 is 9.53 Å². The van der Waals surface area contributed by atoms with Crippen molar-refractivity contribution in [3.63, 3.8) is 0 Å². The third kappa shape index (κ3) is 3.85. The maximum Gasteiger partial charge on any atom is 0.216 e. The number of carbonyl (C=O) groups is 1. The van der Waals surface area contributed by atoms with Gasteiger partial charge in [-0.15, -0.1) is 0 Å². The van der Waals surface area contributed by atoms with Crippen molar-refractivity contribution in [2.45, 2.75) is 20.8 Å². The number of hydrogen-bond donors (Lipinski definition) is 1. The quantitative estimate of drug-likeness (QED) is 0.864. The van der Waals surface area contributed by atoms with Crippen LogP contribution in [0.4, 0.5) is 0 Å². The van der Waals surface area contributed by atoms with Crippen LogP contribution in [0.25, 0.3) is 0 Å². The number of ether oxygens (including phenoxy) is 1. The SMILES string of the molecule is CC(=O)NCCOc1cc(C)c(Br)c(C)c1. The van der Waals surface area contributed by atoms with Gasteiger partial charge in [0.05, 0.1) is 6.54 Å². The van der Waals surface area contributed by atoms with Crippen LogP contribution in [0.2, 0.25) is 0 Å². The highest BCUT2D eigenvalue weighted by Crippen LogP contribution is 2.26. The summed E-state index contributed by atoms with van der Waals surface area (Å²) in [5.41, 5.74) is 2.30. The first-order valence-corrected chi connectivity index (χ1v) is 5.94. The third-order valence-electron chi connectivity index (χ3n) is 2.15. The van der Waals surface area contributed by atoms with Crippen LogP contribution in [-0.4, -0.2) is 19.1 Å². The number of halogens is 1. The average molecular weight is 286 g/mol. The summed E-state index contributed by atoms with van der Waals surface area (Å²) < 4.78 is 6.65. The van der Waals surface area contributed by atoms with Crippen LogP contribution in [0.5, 0.6) is 5.75 Å². The van der Waals surface area contributed by atoms with E-state index >= 15 is 0 Å². The van der Waals surface area contributed by atoms with Crippen LogP contribution in [0.1, 0.15) is 18.1 Å². The molecule has 0 saturated heterocycles. The molecule has 0 unspecified atom stereocenters. The second-order valence-corrected chi connectivity index (χ2v) is 4.50. The van der Waals surface area contributed by atoms with Crippen LogP contribution < -0.4 is 10.1 Å². The molecule has 1 rings (SSSR count). The van der Waals surface area contributed by atoms with Gasteiger partial charge in [-0.3, -0.25) is 4.79 Å². The number of rotatable bonds is 4. The lowest BCUT2D eigenvalue weighted by atomic mass is 10.1. The summed E-state index contributed by atoms with van der Waals surface area (Å²) in [6, 6.07) is 3.95. The molecular formula is C12H16BrNO2. The van der Waals surface area contributed by atoms with E-state index in [1.165, 1.54) is 6.92 Å². The molecule has 0 aliphatic heterocycles. The Labute approximate surface area is 104 Å². The fraction of sp³-hybridized carbons (Fsp3) is 0.417. The summed E-state index contributed by atoms with van der Waals surface area (Å²) in [6.07, 6.45) is 0. The van der Waals surface area contributed by atoms with Gasteiger partial charge in [-0.25, -0.2) is 0 Å². The lowest BCUT2D eigenvalue weighted by Crippen LogP contribution is -2.25. The van der Waals surface area contributed by atoms with Crippen LogP contribution in [0.3, 0.4) is 0 Å². The largest absolute Gasteiger partial charge is 0.492 e. The first kappa shape index (κ1) is 13.0. The molecule has 0 radical (unpaired) electrons. The third-order valence-corrected chi connectivity index (χ3v) is 3.41. The number of benzene rings is 1. The molecule has 0 spiro atoms. The van der Waals surface area contributed by atoms with Crippen molar-refractivity contribution >= 4 is 21.8 Å². The summed E-state index contributed by atoms with van der Waals surface area (Å²) in [5.74, 6) is 0.801. The maximum atomic E-state index is 10.6. The first-order chi connectivity index (χ1) is 7.50. The van der Waals surface area contributed by atoms with E-state index in [0.717, 1.165) is 21.3 Å². The van der Waals surface area contributed by atoms with Gasteiger partial charge in [0, 0.05) is 11.4 Å². The molecule has 0 bridgehead atoms. The van der Waals surface area contributed by atoms with E-state index in [0.29, 0.717) is 13.2 Å². The predicted molar refractivity (Wildman–Crippen MR) is 67.8 cm³/mol. The van der Waals surface area contributed by atoms with Gasteiger partial charge >= 0.3 is 0 Å². The van der Waals surface area contributed by atoms with Gasteiger partial charge in [-0.1, -0.05) is 15.9 Å². The topological polar surface area (TPSA) is 38.3 Å². The standard InChI is InChI=1S/C12H16BrNO2/c1-8-6-11(7-9(2)12(8)13)16-5-4-14-10(3)15/h6-7H,4-5H2,1-3H3,(H,14,15). The minimum Gasteiger partial charge on any atom is -0.492 e. The molecule has 0 atom stereocenters. The van der Waals surface area contributed by atoms with E-state index in [1.54, 1.807) is 0 Å². The molecule has 0 fully saturated rings. The number of aryl methyl sites for hydroxylation is 2. The fourth-order valence-electron chi connectivity index (χ4n) is 1.39. The lowest BCUT2D eigenvalue weighted by Gasteiger charge is -2.10. The van der Waals surface area contributed by atoms with Gasteiger partial charge in [0.2, 0.25) is 5.91 Å². The van der Waals surface area contributed by atoms with E-state index in [9.17, 15) is 4.79 Å². The zero-order chi connectivity index (χ0) is 12.1. The Hall–Kier alpha value is -1.03. The molecule has 16 heavy (non-hydrogen) atoms. The average Bonchev–Trinajstić information content (AvgIpc) is 2.20. The monoisotopic (exact) mass is 285 g/mol. The van der Waals surface area contributed by atoms with E-state index in [4.69, 9.17) is 4.74 Å². The van der Waals surface area contributed by atoms with Gasteiger partial charge < -0.3 is 10.1 Å². The zero-order valence-corrected chi connectivity index (χ0v) is 11.3. The van der Waals surface area contributed by atoms with Crippen LogP contribution in [0, 0.1) is 13.8 Å². The molecule has 1 N–H and O–H groups in total. The maximum absolute atomic E-state index is 10.6. The van der Waals surface area contributed by atoms with Gasteiger partial charge in [0.25, 0.3) is 0 Å². The minimum atomic E-state index is -0.0354. The van der Waals surface area contributed by atoms with E-state index in [2.05, 4.69) is 21.2 Å². The van der Waals surface area contributed by atoms with Crippen LogP contribution in [-0.2, 0) is 4.79 Å². The van der Waals surface area contributed by atoms with Crippen LogP contribution in [0.15, 0.2) is 16.6 Å². The molecule has 3 nitrogen and oxygen atoms in total. The van der Waals surface area contributed by atoms with Crippen molar-refractivity contribution in [2.75, 3.05) is 13.2 Å². The summed E-state index contributed by atoms with van der Waals surface area (Å²) in [4.78, 5) is 10.6. The molecular weight excluding hydrogens is 270 g/mol. The molecule has 0 aromatic heterocycles. The molecule has 0 aliphatic carbocycles. The lowest BCUT2D eigenvalue weighted by molar-refractivity contribution is -0.119. The van der Waals surface area contributed by atoms with Crippen LogP contribution >= 0.6 is 15.9 Å². The Kier molecular flexibility index (Phi) is 4.80. The second-order valence-electron chi connectivity index (χ2n) is 3.70. The highest BCUT2D eigenvalue weighted by atomic mass is 79.9. The van der Waals surface area contributed by atoms with Gasteiger partial charge in [-0.2, -0.15) is 0 Å². The Morgan fingerprint density at radius 2 is 1.94 bits per heavy atom. The highest BCUT2D eigenvalue weighted by molar-refractivity contribution is 9.10. The summed E-state index contributed by atoms with van der Waals surface area (Å²) in [5, 5.41) is 2.68. The zero-order valence-electron chi connectivity index (χ0n) is 9.76. The molecule has 1 aromatic rings. The van der Waals surface area contributed by atoms with Crippen molar-refractivity contribution in [1.82, 2.24) is 5.32 Å². The summed E-state index contributed by atoms with van der Waals surface area (Å²) in [6.45, 7) is 6.56. The van der Waals surface area contributed by atoms with Crippen molar-refractivity contribution in [1.29, 1.82) is 0 Å². The highest BCUT2D eigenvalue weighted by Gasteiger charge is 2.02. The van der Waals surface area contributed by atoms with Gasteiger partial charge in [0.1, 0.15) is 12.4 Å². The Morgan fingerprint density at radius 3 is 2.44 bits per heavy atom. The Balaban J connectivity index is 2.52. The normalized spacial score (nSPS) is 10.0. The first-order valence-electron chi connectivity index (χ1n) is 5.14. The summed E-state index contributed by atoms with van der Waals surface area (Å²) >= 11 is 3.50. The van der Waals surface area contributed by atoms with E-state index < -0.39 is 0 Å². The minimum absolute atomic E-state index is 0.0354. The number of nitrogens with one attached hydrogen (secondary N) is 1. The second kappa shape index (κ2) is 5.89. The Morgan fingerprint density at radius 1 is 1.38 bits per heavy atom. The predicted octanol–water partition coefficient (Wildman–Crippen LogP) is 2.58. The summed E-state index contributed by atoms with van der Waals surface area (Å²) in [7, 11) is 0. The molecule has 1 amide bonds. The molecule has 0 aliphatic rings. The van der Waals surface area contributed by atoms with Crippen molar-refractivity contribution in [2.24, 2.45) is 0 Å². The van der Waals surface area contributed by atoms with Crippen molar-refractivity contribution in [3.05, 3.63) is 27.7 Å². The number of carbonyl (C=O) groups excluding carboxylic acids is 1. The molecule has 1 aromatic carbocycles. The molecule has 0 saturated carbocycles. The smallest absolute Gasteiger partial charge is 0.216 e. The molecule has 0 heterocycles.